The second-order valence-electron chi connectivity index (χ2n) is 7.22. The molecule has 2 nitrogen and oxygen atoms in total. The Kier molecular flexibility index (Phi) is 5.91. The summed E-state index contributed by atoms with van der Waals surface area (Å²) in [4.78, 5) is 0. The minimum Gasteiger partial charge on any atom is -0.496 e. The third kappa shape index (κ3) is 6.15. The van der Waals surface area contributed by atoms with E-state index in [1.165, 1.54) is 5.56 Å². The summed E-state index contributed by atoms with van der Waals surface area (Å²) in [6.45, 7) is 12.2. The third-order valence-corrected chi connectivity index (χ3v) is 3.65. The van der Waals surface area contributed by atoms with E-state index in [9.17, 15) is 0 Å². The van der Waals surface area contributed by atoms with Crippen LogP contribution >= 0.6 is 11.6 Å². The van der Waals surface area contributed by atoms with Crippen molar-refractivity contribution in [1.82, 2.24) is 5.32 Å². The lowest BCUT2D eigenvalue weighted by Gasteiger charge is -2.30. The van der Waals surface area contributed by atoms with Crippen molar-refractivity contribution in [2.75, 3.05) is 13.7 Å². The molecule has 0 spiro atoms. The zero-order chi connectivity index (χ0) is 15.4. The van der Waals surface area contributed by atoms with Gasteiger partial charge in [0, 0.05) is 17.1 Å². The summed E-state index contributed by atoms with van der Waals surface area (Å²) in [5.41, 5.74) is 1.58. The maximum absolute atomic E-state index is 6.08. The number of aryl methyl sites for hydroxylation is 1. The highest BCUT2D eigenvalue weighted by molar-refractivity contribution is 6.30. The molecule has 0 aliphatic rings. The number of benzene rings is 1. The van der Waals surface area contributed by atoms with Crippen LogP contribution in [0.3, 0.4) is 0 Å². The largest absolute Gasteiger partial charge is 0.496 e. The second-order valence-corrected chi connectivity index (χ2v) is 7.66. The molecule has 0 unspecified atom stereocenters. The summed E-state index contributed by atoms with van der Waals surface area (Å²) >= 11 is 6.08. The monoisotopic (exact) mass is 297 g/mol. The SMILES string of the molecule is COc1ccc(Cl)cc1CCC(C)(C)CNC(C)(C)C. The Bertz CT molecular complexity index is 435. The predicted molar refractivity (Wildman–Crippen MR) is 87.9 cm³/mol. The van der Waals surface area contributed by atoms with Gasteiger partial charge in [0.15, 0.2) is 0 Å². The Morgan fingerprint density at radius 1 is 1.15 bits per heavy atom. The summed E-state index contributed by atoms with van der Waals surface area (Å²) in [5.74, 6) is 0.925. The predicted octanol–water partition coefficient (Wildman–Crippen LogP) is 4.70. The number of nitrogens with one attached hydrogen (secondary N) is 1. The molecule has 3 heteroatoms. The summed E-state index contributed by atoms with van der Waals surface area (Å²) in [7, 11) is 1.71. The van der Waals surface area contributed by atoms with E-state index in [4.69, 9.17) is 16.3 Å². The highest BCUT2D eigenvalue weighted by atomic mass is 35.5. The lowest BCUT2D eigenvalue weighted by Crippen LogP contribution is -2.42. The van der Waals surface area contributed by atoms with Crippen molar-refractivity contribution < 1.29 is 4.74 Å². The molecule has 1 N–H and O–H groups in total. The van der Waals surface area contributed by atoms with E-state index in [0.717, 1.165) is 30.2 Å². The lowest BCUT2D eigenvalue weighted by atomic mass is 9.85. The van der Waals surface area contributed by atoms with Crippen LogP contribution in [0.2, 0.25) is 5.02 Å². The summed E-state index contributed by atoms with van der Waals surface area (Å²) in [6.07, 6.45) is 2.06. The van der Waals surface area contributed by atoms with Gasteiger partial charge in [-0.1, -0.05) is 25.4 Å². The van der Waals surface area contributed by atoms with Gasteiger partial charge >= 0.3 is 0 Å². The zero-order valence-electron chi connectivity index (χ0n) is 13.6. The standard InChI is InChI=1S/C17H28ClNO/c1-16(2,3)19-12-17(4,5)10-9-13-11-14(18)7-8-15(13)20-6/h7-8,11,19H,9-10,12H2,1-6H3. The normalized spacial score (nSPS) is 12.6. The molecule has 0 aliphatic heterocycles. The molecule has 0 aliphatic carbocycles. The first-order valence-corrected chi connectivity index (χ1v) is 7.58. The van der Waals surface area contributed by atoms with E-state index in [-0.39, 0.29) is 11.0 Å². The van der Waals surface area contributed by atoms with E-state index in [1.54, 1.807) is 7.11 Å². The third-order valence-electron chi connectivity index (χ3n) is 3.41. The fourth-order valence-corrected chi connectivity index (χ4v) is 2.20. The molecule has 0 atom stereocenters. The summed E-state index contributed by atoms with van der Waals surface area (Å²) < 4.78 is 5.41. The van der Waals surface area contributed by atoms with E-state index in [0.29, 0.717) is 0 Å². The fourth-order valence-electron chi connectivity index (χ4n) is 2.01. The molecule has 0 amide bonds. The maximum Gasteiger partial charge on any atom is 0.122 e. The van der Waals surface area contributed by atoms with Crippen LogP contribution in [-0.2, 0) is 6.42 Å². The van der Waals surface area contributed by atoms with Gasteiger partial charge in [0.25, 0.3) is 0 Å². The minimum absolute atomic E-state index is 0.158. The smallest absolute Gasteiger partial charge is 0.122 e. The Labute approximate surface area is 128 Å². The van der Waals surface area contributed by atoms with Gasteiger partial charge in [-0.15, -0.1) is 0 Å². The van der Waals surface area contributed by atoms with Gasteiger partial charge in [-0.3, -0.25) is 0 Å². The Morgan fingerprint density at radius 3 is 2.35 bits per heavy atom. The van der Waals surface area contributed by atoms with Crippen molar-refractivity contribution in [1.29, 1.82) is 0 Å². The number of methoxy groups -OCH3 is 1. The highest BCUT2D eigenvalue weighted by Crippen LogP contribution is 2.28. The molecular weight excluding hydrogens is 270 g/mol. The van der Waals surface area contributed by atoms with Crippen LogP contribution in [0.1, 0.15) is 46.6 Å². The topological polar surface area (TPSA) is 21.3 Å². The molecule has 0 aromatic heterocycles. The molecule has 1 aromatic carbocycles. The van der Waals surface area contributed by atoms with Gasteiger partial charge in [-0.05, 0) is 62.8 Å². The number of ether oxygens (including phenoxy) is 1. The molecule has 0 radical (unpaired) electrons. The molecule has 0 saturated heterocycles. The van der Waals surface area contributed by atoms with E-state index >= 15 is 0 Å². The van der Waals surface area contributed by atoms with Crippen LogP contribution in [0.5, 0.6) is 5.75 Å². The zero-order valence-corrected chi connectivity index (χ0v) is 14.4. The quantitative estimate of drug-likeness (QED) is 0.822. The van der Waals surface area contributed by atoms with Crippen LogP contribution in [-0.4, -0.2) is 19.2 Å². The molecule has 0 saturated carbocycles. The van der Waals surface area contributed by atoms with E-state index in [1.807, 2.05) is 18.2 Å². The molecular formula is C17H28ClNO. The number of hydrogen-bond acceptors (Lipinski definition) is 2. The molecule has 1 rings (SSSR count). The number of halogens is 1. The van der Waals surface area contributed by atoms with Gasteiger partial charge in [0.05, 0.1) is 7.11 Å². The molecule has 0 heterocycles. The van der Waals surface area contributed by atoms with Crippen LogP contribution in [0.25, 0.3) is 0 Å². The lowest BCUT2D eigenvalue weighted by molar-refractivity contribution is 0.272. The number of rotatable bonds is 6. The molecule has 1 aromatic rings. The first-order chi connectivity index (χ1) is 9.13. The fraction of sp³-hybridized carbons (Fsp3) is 0.647. The van der Waals surface area contributed by atoms with Gasteiger partial charge in [0.2, 0.25) is 0 Å². The van der Waals surface area contributed by atoms with Gasteiger partial charge in [-0.25, -0.2) is 0 Å². The highest BCUT2D eigenvalue weighted by Gasteiger charge is 2.21. The van der Waals surface area contributed by atoms with Crippen LogP contribution in [0.4, 0.5) is 0 Å². The average Bonchev–Trinajstić information content (AvgIpc) is 2.34. The summed E-state index contributed by atoms with van der Waals surface area (Å²) in [5, 5.41) is 4.35. The van der Waals surface area contributed by atoms with Crippen molar-refractivity contribution in [3.8, 4) is 5.75 Å². The summed E-state index contributed by atoms with van der Waals surface area (Å²) in [6, 6.07) is 5.82. The Morgan fingerprint density at radius 2 is 1.80 bits per heavy atom. The molecule has 114 valence electrons. The van der Waals surface area contributed by atoms with Gasteiger partial charge in [0.1, 0.15) is 5.75 Å². The molecule has 20 heavy (non-hydrogen) atoms. The van der Waals surface area contributed by atoms with Crippen molar-refractivity contribution in [2.45, 2.75) is 53.0 Å². The van der Waals surface area contributed by atoms with Crippen molar-refractivity contribution in [2.24, 2.45) is 5.41 Å². The van der Waals surface area contributed by atoms with Crippen LogP contribution in [0, 0.1) is 5.41 Å². The maximum atomic E-state index is 6.08. The van der Waals surface area contributed by atoms with Gasteiger partial charge in [-0.2, -0.15) is 0 Å². The second kappa shape index (κ2) is 6.82. The first kappa shape index (κ1) is 17.3. The van der Waals surface area contributed by atoms with Crippen molar-refractivity contribution >= 4 is 11.6 Å². The molecule has 0 fully saturated rings. The number of hydrogen-bond donors (Lipinski definition) is 1. The van der Waals surface area contributed by atoms with E-state index < -0.39 is 0 Å². The van der Waals surface area contributed by atoms with Crippen LogP contribution in [0.15, 0.2) is 18.2 Å². The van der Waals surface area contributed by atoms with Crippen molar-refractivity contribution in [3.05, 3.63) is 28.8 Å². The van der Waals surface area contributed by atoms with Gasteiger partial charge < -0.3 is 10.1 Å². The first-order valence-electron chi connectivity index (χ1n) is 7.20. The minimum atomic E-state index is 0.158. The van der Waals surface area contributed by atoms with Crippen molar-refractivity contribution in [3.63, 3.8) is 0 Å². The van der Waals surface area contributed by atoms with E-state index in [2.05, 4.69) is 39.9 Å². The average molecular weight is 298 g/mol. The van der Waals surface area contributed by atoms with Crippen LogP contribution < -0.4 is 10.1 Å². The molecule has 0 bridgehead atoms. The Balaban J connectivity index is 2.63. The Hall–Kier alpha value is -0.730.